The number of fused-ring (bicyclic) bond motifs is 1. The minimum Gasteiger partial charge on any atom is -0.360 e. The number of H-pyrrole nitrogens is 1. The van der Waals surface area contributed by atoms with Gasteiger partial charge in [0.05, 0.1) is 28.6 Å². The van der Waals surface area contributed by atoms with Crippen LogP contribution in [0.4, 0.5) is 0 Å². The maximum absolute atomic E-state index is 6.09. The maximum atomic E-state index is 6.09. The van der Waals surface area contributed by atoms with Crippen molar-refractivity contribution in [3.8, 4) is 11.3 Å². The summed E-state index contributed by atoms with van der Waals surface area (Å²) in [6.45, 7) is 0. The van der Waals surface area contributed by atoms with Gasteiger partial charge in [-0.2, -0.15) is 0 Å². The first kappa shape index (κ1) is 10.6. The van der Waals surface area contributed by atoms with E-state index in [1.54, 1.807) is 6.20 Å². The molecule has 17 heavy (non-hydrogen) atoms. The van der Waals surface area contributed by atoms with E-state index in [2.05, 4.69) is 15.0 Å². The lowest BCUT2D eigenvalue weighted by Crippen LogP contribution is -1.86. The minimum absolute atomic E-state index is 0.382. The molecule has 0 fully saturated rings. The van der Waals surface area contributed by atoms with Crippen LogP contribution in [0.2, 0.25) is 10.2 Å². The zero-order valence-electron chi connectivity index (χ0n) is 8.61. The third-order valence-electron chi connectivity index (χ3n) is 2.57. The highest BCUT2D eigenvalue weighted by molar-refractivity contribution is 6.35. The van der Waals surface area contributed by atoms with E-state index in [1.165, 1.54) is 6.20 Å². The van der Waals surface area contributed by atoms with Crippen molar-refractivity contribution in [2.45, 2.75) is 0 Å². The van der Waals surface area contributed by atoms with Gasteiger partial charge in [-0.05, 0) is 12.1 Å². The summed E-state index contributed by atoms with van der Waals surface area (Å²) < 4.78 is 0. The molecule has 0 saturated carbocycles. The molecule has 3 nitrogen and oxygen atoms in total. The number of benzene rings is 1. The van der Waals surface area contributed by atoms with Crippen LogP contribution < -0.4 is 0 Å². The summed E-state index contributed by atoms with van der Waals surface area (Å²) in [4.78, 5) is 11.4. The SMILES string of the molecule is Clc1cnc(-c2ccc(Cl)c3[nH]ccc23)cn1. The average Bonchev–Trinajstić information content (AvgIpc) is 2.81. The van der Waals surface area contributed by atoms with Crippen LogP contribution in [-0.2, 0) is 0 Å². The lowest BCUT2D eigenvalue weighted by molar-refractivity contribution is 1.21. The summed E-state index contributed by atoms with van der Waals surface area (Å²) in [5, 5.41) is 2.10. The molecule has 0 unspecified atom stereocenters. The van der Waals surface area contributed by atoms with Gasteiger partial charge in [0.2, 0.25) is 0 Å². The normalized spacial score (nSPS) is 10.9. The number of nitrogens with one attached hydrogen (secondary N) is 1. The third-order valence-corrected chi connectivity index (χ3v) is 3.08. The van der Waals surface area contributed by atoms with Gasteiger partial charge in [-0.3, -0.25) is 4.98 Å². The van der Waals surface area contributed by atoms with E-state index in [-0.39, 0.29) is 0 Å². The Morgan fingerprint density at radius 1 is 1.00 bits per heavy atom. The molecule has 0 radical (unpaired) electrons. The number of hydrogen-bond acceptors (Lipinski definition) is 2. The van der Waals surface area contributed by atoms with Gasteiger partial charge >= 0.3 is 0 Å². The highest BCUT2D eigenvalue weighted by Crippen LogP contribution is 2.31. The van der Waals surface area contributed by atoms with Crippen molar-refractivity contribution < 1.29 is 0 Å². The lowest BCUT2D eigenvalue weighted by Gasteiger charge is -2.03. The van der Waals surface area contributed by atoms with E-state index in [4.69, 9.17) is 23.2 Å². The number of rotatable bonds is 1. The fourth-order valence-electron chi connectivity index (χ4n) is 1.80. The van der Waals surface area contributed by atoms with Crippen LogP contribution in [0.25, 0.3) is 22.2 Å². The molecule has 0 bridgehead atoms. The Morgan fingerprint density at radius 3 is 2.65 bits per heavy atom. The number of aromatic nitrogens is 3. The number of halogens is 2. The first-order valence-corrected chi connectivity index (χ1v) is 5.75. The first-order chi connectivity index (χ1) is 8.25. The Kier molecular flexibility index (Phi) is 2.50. The third kappa shape index (κ3) is 1.77. The number of nitrogens with zero attached hydrogens (tertiary/aromatic N) is 2. The Morgan fingerprint density at radius 2 is 1.88 bits per heavy atom. The van der Waals surface area contributed by atoms with Crippen LogP contribution in [0.5, 0.6) is 0 Å². The molecule has 0 amide bonds. The molecule has 3 aromatic rings. The van der Waals surface area contributed by atoms with Crippen LogP contribution in [0.1, 0.15) is 0 Å². The van der Waals surface area contributed by atoms with E-state index >= 15 is 0 Å². The van der Waals surface area contributed by atoms with Crippen molar-refractivity contribution in [3.05, 3.63) is 47.0 Å². The van der Waals surface area contributed by atoms with Gasteiger partial charge in [0, 0.05) is 17.1 Å². The predicted octanol–water partition coefficient (Wildman–Crippen LogP) is 3.93. The fraction of sp³-hybridized carbons (Fsp3) is 0. The second kappa shape index (κ2) is 4.02. The average molecular weight is 264 g/mol. The van der Waals surface area contributed by atoms with E-state index in [0.717, 1.165) is 22.2 Å². The van der Waals surface area contributed by atoms with E-state index in [0.29, 0.717) is 10.2 Å². The molecule has 0 aliphatic rings. The fourth-order valence-corrected chi connectivity index (χ4v) is 2.11. The smallest absolute Gasteiger partial charge is 0.147 e. The second-order valence-electron chi connectivity index (χ2n) is 3.59. The number of aromatic amines is 1. The van der Waals surface area contributed by atoms with Gasteiger partial charge in [-0.1, -0.05) is 29.3 Å². The zero-order chi connectivity index (χ0) is 11.8. The van der Waals surface area contributed by atoms with Crippen LogP contribution >= 0.6 is 23.2 Å². The summed E-state index contributed by atoms with van der Waals surface area (Å²) in [6, 6.07) is 5.73. The minimum atomic E-state index is 0.382. The summed E-state index contributed by atoms with van der Waals surface area (Å²) in [7, 11) is 0. The molecule has 3 rings (SSSR count). The van der Waals surface area contributed by atoms with Gasteiger partial charge in [0.15, 0.2) is 0 Å². The molecule has 0 saturated heterocycles. The van der Waals surface area contributed by atoms with Gasteiger partial charge < -0.3 is 4.98 Å². The summed E-state index contributed by atoms with van der Waals surface area (Å²) in [5.74, 6) is 0. The lowest BCUT2D eigenvalue weighted by atomic mass is 10.1. The first-order valence-electron chi connectivity index (χ1n) is 4.99. The van der Waals surface area contributed by atoms with Crippen LogP contribution in [-0.4, -0.2) is 15.0 Å². The number of hydrogen-bond donors (Lipinski definition) is 1. The van der Waals surface area contributed by atoms with E-state index in [1.807, 2.05) is 24.4 Å². The van der Waals surface area contributed by atoms with Crippen molar-refractivity contribution in [3.63, 3.8) is 0 Å². The molecule has 84 valence electrons. The Bertz CT molecular complexity index is 674. The maximum Gasteiger partial charge on any atom is 0.147 e. The van der Waals surface area contributed by atoms with Gasteiger partial charge in [0.25, 0.3) is 0 Å². The molecule has 2 heterocycles. The van der Waals surface area contributed by atoms with Crippen molar-refractivity contribution in [2.24, 2.45) is 0 Å². The largest absolute Gasteiger partial charge is 0.360 e. The Hall–Kier alpha value is -1.58. The van der Waals surface area contributed by atoms with E-state index < -0.39 is 0 Å². The zero-order valence-corrected chi connectivity index (χ0v) is 10.1. The van der Waals surface area contributed by atoms with Crippen molar-refractivity contribution in [2.75, 3.05) is 0 Å². The molecule has 0 aliphatic carbocycles. The summed E-state index contributed by atoms with van der Waals surface area (Å²) >= 11 is 11.8. The summed E-state index contributed by atoms with van der Waals surface area (Å²) in [5.41, 5.74) is 2.66. The van der Waals surface area contributed by atoms with Gasteiger partial charge in [0.1, 0.15) is 5.15 Å². The molecule has 1 N–H and O–H groups in total. The molecular weight excluding hydrogens is 257 g/mol. The summed E-state index contributed by atoms with van der Waals surface area (Å²) in [6.07, 6.45) is 5.03. The quantitative estimate of drug-likeness (QED) is 0.723. The van der Waals surface area contributed by atoms with Crippen LogP contribution in [0, 0.1) is 0 Å². The highest BCUT2D eigenvalue weighted by atomic mass is 35.5. The van der Waals surface area contributed by atoms with Gasteiger partial charge in [-0.15, -0.1) is 0 Å². The Labute approximate surface area is 107 Å². The molecule has 0 atom stereocenters. The topological polar surface area (TPSA) is 41.6 Å². The molecular formula is C12H7Cl2N3. The highest BCUT2D eigenvalue weighted by Gasteiger charge is 2.08. The Balaban J connectivity index is 2.27. The second-order valence-corrected chi connectivity index (χ2v) is 4.38. The van der Waals surface area contributed by atoms with Crippen LogP contribution in [0.3, 0.4) is 0 Å². The molecule has 2 aromatic heterocycles. The van der Waals surface area contributed by atoms with E-state index in [9.17, 15) is 0 Å². The van der Waals surface area contributed by atoms with Gasteiger partial charge in [-0.25, -0.2) is 4.98 Å². The standard InChI is InChI=1S/C12H7Cl2N3/c13-9-2-1-7(8-3-4-15-12(8)9)10-5-17-11(14)6-16-10/h1-6,15H. The predicted molar refractivity (Wildman–Crippen MR) is 69.3 cm³/mol. The van der Waals surface area contributed by atoms with Crippen molar-refractivity contribution in [1.29, 1.82) is 0 Å². The molecule has 1 aromatic carbocycles. The monoisotopic (exact) mass is 263 g/mol. The molecule has 5 heteroatoms. The van der Waals surface area contributed by atoms with Crippen LogP contribution in [0.15, 0.2) is 36.8 Å². The molecule has 0 aliphatic heterocycles. The van der Waals surface area contributed by atoms with Crippen molar-refractivity contribution >= 4 is 34.1 Å². The van der Waals surface area contributed by atoms with Crippen molar-refractivity contribution in [1.82, 2.24) is 15.0 Å². The molecule has 0 spiro atoms.